The molecule has 1 N–H and O–H groups in total. The van der Waals surface area contributed by atoms with E-state index in [1.165, 1.54) is 0 Å². The number of fused-ring (bicyclic) bond motifs is 1. The topological polar surface area (TPSA) is 68.2 Å². The summed E-state index contributed by atoms with van der Waals surface area (Å²) in [5.41, 5.74) is 2.96. The van der Waals surface area contributed by atoms with E-state index in [1.54, 1.807) is 38.2 Å². The number of phenolic OH excluding ortho intramolecular Hbond substituents is 1. The van der Waals surface area contributed by atoms with Gasteiger partial charge in [0.05, 0.1) is 26.9 Å². The van der Waals surface area contributed by atoms with Gasteiger partial charge in [0.15, 0.2) is 11.5 Å². The molecular formula is C20H23NO5. The smallest absolute Gasteiger partial charge is 0.410 e. The first-order chi connectivity index (χ1) is 12.6. The van der Waals surface area contributed by atoms with Gasteiger partial charge in [-0.15, -0.1) is 0 Å². The normalized spacial score (nSPS) is 16.0. The van der Waals surface area contributed by atoms with Gasteiger partial charge in [-0.1, -0.05) is 12.1 Å². The lowest BCUT2D eigenvalue weighted by Crippen LogP contribution is -2.41. The molecule has 1 heterocycles. The van der Waals surface area contributed by atoms with Crippen LogP contribution in [0.1, 0.15) is 29.7 Å². The first-order valence-corrected chi connectivity index (χ1v) is 8.56. The molecule has 1 atom stereocenters. The quantitative estimate of drug-likeness (QED) is 0.907. The SMILES string of the molecule is CCOC(=O)N1CCc2cc(OC)c(OC)cc2C1c1ccc(O)cc1. The monoisotopic (exact) mass is 357 g/mol. The molecule has 138 valence electrons. The van der Waals surface area contributed by atoms with Crippen LogP contribution in [0.3, 0.4) is 0 Å². The van der Waals surface area contributed by atoms with E-state index in [-0.39, 0.29) is 17.9 Å². The zero-order valence-corrected chi connectivity index (χ0v) is 15.2. The molecule has 0 saturated carbocycles. The minimum absolute atomic E-state index is 0.180. The standard InChI is InChI=1S/C20H23NO5/c1-4-26-20(23)21-10-9-14-11-17(24-2)18(25-3)12-16(14)19(21)13-5-7-15(22)8-6-13/h5-8,11-12,19,22H,4,9-10H2,1-3H3. The average Bonchev–Trinajstić information content (AvgIpc) is 2.66. The van der Waals surface area contributed by atoms with Gasteiger partial charge in [-0.2, -0.15) is 0 Å². The molecule has 1 aliphatic heterocycles. The number of benzene rings is 2. The van der Waals surface area contributed by atoms with Gasteiger partial charge in [0.1, 0.15) is 5.75 Å². The Morgan fingerprint density at radius 1 is 1.15 bits per heavy atom. The van der Waals surface area contributed by atoms with Crippen molar-refractivity contribution in [2.24, 2.45) is 0 Å². The highest BCUT2D eigenvalue weighted by molar-refractivity contribution is 5.70. The molecule has 0 fully saturated rings. The van der Waals surface area contributed by atoms with Crippen molar-refractivity contribution in [1.29, 1.82) is 0 Å². The average molecular weight is 357 g/mol. The maximum absolute atomic E-state index is 12.5. The van der Waals surface area contributed by atoms with Gasteiger partial charge in [-0.3, -0.25) is 4.90 Å². The Morgan fingerprint density at radius 3 is 2.42 bits per heavy atom. The second-order valence-corrected chi connectivity index (χ2v) is 6.04. The Labute approximate surface area is 152 Å². The van der Waals surface area contributed by atoms with Crippen LogP contribution >= 0.6 is 0 Å². The van der Waals surface area contributed by atoms with Crippen LogP contribution in [0.2, 0.25) is 0 Å². The number of ether oxygens (including phenoxy) is 3. The molecule has 3 rings (SSSR count). The highest BCUT2D eigenvalue weighted by Crippen LogP contribution is 2.41. The lowest BCUT2D eigenvalue weighted by molar-refractivity contribution is 0.0936. The number of amides is 1. The van der Waals surface area contributed by atoms with Gasteiger partial charge in [0.2, 0.25) is 0 Å². The molecule has 1 amide bonds. The van der Waals surface area contributed by atoms with Crippen molar-refractivity contribution < 1.29 is 24.1 Å². The summed E-state index contributed by atoms with van der Waals surface area (Å²) in [6.07, 6.45) is 0.342. The summed E-state index contributed by atoms with van der Waals surface area (Å²) in [6.45, 7) is 2.64. The lowest BCUT2D eigenvalue weighted by Gasteiger charge is -2.37. The molecule has 1 unspecified atom stereocenters. The molecule has 6 heteroatoms. The van der Waals surface area contributed by atoms with Crippen LogP contribution in [0, 0.1) is 0 Å². The Balaban J connectivity index is 2.13. The van der Waals surface area contributed by atoms with Crippen LogP contribution in [-0.4, -0.2) is 43.5 Å². The first kappa shape index (κ1) is 17.9. The van der Waals surface area contributed by atoms with Gasteiger partial charge in [-0.05, 0) is 54.3 Å². The molecule has 26 heavy (non-hydrogen) atoms. The number of carbonyl (C=O) groups is 1. The Bertz CT molecular complexity index is 788. The van der Waals surface area contributed by atoms with Crippen molar-refractivity contribution in [2.45, 2.75) is 19.4 Å². The van der Waals surface area contributed by atoms with E-state index in [9.17, 15) is 9.90 Å². The van der Waals surface area contributed by atoms with Crippen LogP contribution in [0.15, 0.2) is 36.4 Å². The van der Waals surface area contributed by atoms with Gasteiger partial charge in [-0.25, -0.2) is 4.79 Å². The minimum Gasteiger partial charge on any atom is -0.508 e. The van der Waals surface area contributed by atoms with Crippen LogP contribution in [0.5, 0.6) is 17.2 Å². The first-order valence-electron chi connectivity index (χ1n) is 8.56. The van der Waals surface area contributed by atoms with E-state index in [1.807, 2.05) is 24.3 Å². The van der Waals surface area contributed by atoms with Gasteiger partial charge >= 0.3 is 6.09 Å². The molecule has 1 aliphatic rings. The van der Waals surface area contributed by atoms with E-state index in [0.717, 1.165) is 16.7 Å². The van der Waals surface area contributed by atoms with Crippen molar-refractivity contribution in [3.05, 3.63) is 53.1 Å². The predicted octanol–water partition coefficient (Wildman–Crippen LogP) is 3.51. The molecule has 0 radical (unpaired) electrons. The Hall–Kier alpha value is -2.89. The third kappa shape index (κ3) is 3.27. The number of methoxy groups -OCH3 is 2. The van der Waals surface area contributed by atoms with Gasteiger partial charge in [0.25, 0.3) is 0 Å². The lowest BCUT2D eigenvalue weighted by atomic mass is 9.88. The summed E-state index contributed by atoms with van der Waals surface area (Å²) in [6, 6.07) is 10.4. The molecule has 0 aliphatic carbocycles. The van der Waals surface area contributed by atoms with Crippen LogP contribution in [0.25, 0.3) is 0 Å². The summed E-state index contributed by atoms with van der Waals surface area (Å²) in [5.74, 6) is 1.46. The zero-order chi connectivity index (χ0) is 18.7. The highest BCUT2D eigenvalue weighted by Gasteiger charge is 2.34. The number of hydrogen-bond acceptors (Lipinski definition) is 5. The molecule has 0 bridgehead atoms. The summed E-state index contributed by atoms with van der Waals surface area (Å²) >= 11 is 0. The third-order valence-corrected chi connectivity index (χ3v) is 4.58. The summed E-state index contributed by atoms with van der Waals surface area (Å²) in [5, 5.41) is 9.62. The number of hydrogen-bond donors (Lipinski definition) is 1. The predicted molar refractivity (Wildman–Crippen MR) is 96.9 cm³/mol. The molecule has 2 aromatic carbocycles. The maximum Gasteiger partial charge on any atom is 0.410 e. The number of carbonyl (C=O) groups excluding carboxylic acids is 1. The second kappa shape index (κ2) is 7.56. The van der Waals surface area contributed by atoms with Crippen molar-refractivity contribution in [1.82, 2.24) is 4.90 Å². The Morgan fingerprint density at radius 2 is 1.81 bits per heavy atom. The van der Waals surface area contributed by atoms with Crippen molar-refractivity contribution in [3.8, 4) is 17.2 Å². The zero-order valence-electron chi connectivity index (χ0n) is 15.2. The number of rotatable bonds is 4. The largest absolute Gasteiger partial charge is 0.508 e. The van der Waals surface area contributed by atoms with Gasteiger partial charge in [0, 0.05) is 6.54 Å². The van der Waals surface area contributed by atoms with Crippen LogP contribution in [-0.2, 0) is 11.2 Å². The van der Waals surface area contributed by atoms with Crippen LogP contribution in [0.4, 0.5) is 4.79 Å². The molecule has 6 nitrogen and oxygen atoms in total. The molecule has 0 aromatic heterocycles. The summed E-state index contributed by atoms with van der Waals surface area (Å²) < 4.78 is 16.1. The second-order valence-electron chi connectivity index (χ2n) is 6.04. The highest BCUT2D eigenvalue weighted by atomic mass is 16.6. The maximum atomic E-state index is 12.5. The van der Waals surface area contributed by atoms with E-state index in [4.69, 9.17) is 14.2 Å². The summed E-state index contributed by atoms with van der Waals surface area (Å²) in [4.78, 5) is 14.2. The molecule has 0 spiro atoms. The van der Waals surface area contributed by atoms with E-state index >= 15 is 0 Å². The van der Waals surface area contributed by atoms with Gasteiger partial charge < -0.3 is 19.3 Å². The fourth-order valence-corrected chi connectivity index (χ4v) is 3.36. The van der Waals surface area contributed by atoms with Crippen LogP contribution < -0.4 is 9.47 Å². The number of nitrogens with zero attached hydrogens (tertiary/aromatic N) is 1. The van der Waals surface area contributed by atoms with Crippen molar-refractivity contribution in [3.63, 3.8) is 0 Å². The van der Waals surface area contributed by atoms with E-state index < -0.39 is 0 Å². The van der Waals surface area contributed by atoms with Crippen molar-refractivity contribution >= 4 is 6.09 Å². The van der Waals surface area contributed by atoms with Crippen molar-refractivity contribution in [2.75, 3.05) is 27.4 Å². The Kier molecular flexibility index (Phi) is 5.21. The summed E-state index contributed by atoms with van der Waals surface area (Å²) in [7, 11) is 3.20. The molecule has 2 aromatic rings. The minimum atomic E-state index is -0.356. The van der Waals surface area contributed by atoms with E-state index in [0.29, 0.717) is 31.1 Å². The third-order valence-electron chi connectivity index (χ3n) is 4.58. The molecule has 0 saturated heterocycles. The number of phenols is 1. The fraction of sp³-hybridized carbons (Fsp3) is 0.350. The van der Waals surface area contributed by atoms with E-state index in [2.05, 4.69) is 0 Å². The number of aromatic hydroxyl groups is 1. The molecular weight excluding hydrogens is 334 g/mol. The fourth-order valence-electron chi connectivity index (χ4n) is 3.36.